The molecule has 4 rings (SSSR count). The molecule has 1 spiro atoms. The van der Waals surface area contributed by atoms with Crippen LogP contribution in [-0.4, -0.2) is 61.9 Å². The highest BCUT2D eigenvalue weighted by Gasteiger charge is 2.43. The molecule has 0 radical (unpaired) electrons. The predicted molar refractivity (Wildman–Crippen MR) is 111 cm³/mol. The predicted octanol–water partition coefficient (Wildman–Crippen LogP) is 2.96. The van der Waals surface area contributed by atoms with Gasteiger partial charge in [-0.05, 0) is 63.0 Å². The summed E-state index contributed by atoms with van der Waals surface area (Å²) < 4.78 is 33.9. The van der Waals surface area contributed by atoms with Gasteiger partial charge in [0.15, 0.2) is 0 Å². The fourth-order valence-electron chi connectivity index (χ4n) is 5.11. The maximum absolute atomic E-state index is 13.1. The van der Waals surface area contributed by atoms with Gasteiger partial charge in [-0.1, -0.05) is 18.2 Å². The standard InChI is InChI=1S/C22H32N2O4S/c1-18-6-2-3-7-20(18)29(26,27)24-13-9-22(10-14-24)17-19(8-15-28-22)16-21(25)23-11-4-5-12-23/h2-3,6-7,19H,4-5,8-17H2,1H3. The van der Waals surface area contributed by atoms with Gasteiger partial charge in [0.2, 0.25) is 15.9 Å². The van der Waals surface area contributed by atoms with E-state index in [-0.39, 0.29) is 11.5 Å². The summed E-state index contributed by atoms with van der Waals surface area (Å²) in [6, 6.07) is 7.16. The Morgan fingerprint density at radius 1 is 1.14 bits per heavy atom. The molecule has 160 valence electrons. The monoisotopic (exact) mass is 420 g/mol. The molecule has 29 heavy (non-hydrogen) atoms. The normalized spacial score (nSPS) is 25.4. The lowest BCUT2D eigenvalue weighted by atomic mass is 9.78. The van der Waals surface area contributed by atoms with Gasteiger partial charge in [-0.15, -0.1) is 0 Å². The van der Waals surface area contributed by atoms with Crippen LogP contribution in [0.3, 0.4) is 0 Å². The van der Waals surface area contributed by atoms with Gasteiger partial charge in [0.25, 0.3) is 0 Å². The summed E-state index contributed by atoms with van der Waals surface area (Å²) in [6.45, 7) is 5.26. The summed E-state index contributed by atoms with van der Waals surface area (Å²) in [7, 11) is -3.47. The number of amides is 1. The van der Waals surface area contributed by atoms with Crippen LogP contribution in [0.4, 0.5) is 0 Å². The number of piperidine rings is 1. The van der Waals surface area contributed by atoms with Gasteiger partial charge in [-0.3, -0.25) is 4.79 Å². The first-order valence-electron chi connectivity index (χ1n) is 10.9. The van der Waals surface area contributed by atoms with Crippen molar-refractivity contribution < 1.29 is 17.9 Å². The Bertz CT molecular complexity index is 840. The van der Waals surface area contributed by atoms with Crippen LogP contribution >= 0.6 is 0 Å². The summed E-state index contributed by atoms with van der Waals surface area (Å²) >= 11 is 0. The topological polar surface area (TPSA) is 66.9 Å². The molecule has 1 unspecified atom stereocenters. The summed E-state index contributed by atoms with van der Waals surface area (Å²) in [5.41, 5.74) is 0.508. The van der Waals surface area contributed by atoms with E-state index < -0.39 is 10.0 Å². The molecular weight excluding hydrogens is 388 g/mol. The second-order valence-electron chi connectivity index (χ2n) is 8.85. The summed E-state index contributed by atoms with van der Waals surface area (Å²) in [4.78, 5) is 15.0. The third-order valence-electron chi connectivity index (χ3n) is 6.86. The largest absolute Gasteiger partial charge is 0.375 e. The molecule has 1 amide bonds. The van der Waals surface area contributed by atoms with Crippen molar-refractivity contribution in [2.24, 2.45) is 5.92 Å². The van der Waals surface area contributed by atoms with E-state index in [0.717, 1.165) is 44.3 Å². The molecule has 1 atom stereocenters. The Kier molecular flexibility index (Phi) is 6.00. The second-order valence-corrected chi connectivity index (χ2v) is 10.8. The van der Waals surface area contributed by atoms with Crippen molar-refractivity contribution >= 4 is 15.9 Å². The van der Waals surface area contributed by atoms with Gasteiger partial charge in [0.05, 0.1) is 10.5 Å². The molecule has 0 aliphatic carbocycles. The van der Waals surface area contributed by atoms with E-state index in [1.54, 1.807) is 16.4 Å². The Morgan fingerprint density at radius 3 is 2.52 bits per heavy atom. The minimum Gasteiger partial charge on any atom is -0.375 e. The Morgan fingerprint density at radius 2 is 1.83 bits per heavy atom. The van der Waals surface area contributed by atoms with Crippen molar-refractivity contribution in [3.63, 3.8) is 0 Å². The Hall–Kier alpha value is -1.44. The van der Waals surface area contributed by atoms with Crippen LogP contribution in [0, 0.1) is 12.8 Å². The first-order chi connectivity index (χ1) is 13.9. The number of carbonyl (C=O) groups is 1. The smallest absolute Gasteiger partial charge is 0.243 e. The molecule has 3 aliphatic heterocycles. The van der Waals surface area contributed by atoms with E-state index >= 15 is 0 Å². The molecule has 6 nitrogen and oxygen atoms in total. The van der Waals surface area contributed by atoms with Gasteiger partial charge < -0.3 is 9.64 Å². The van der Waals surface area contributed by atoms with Gasteiger partial charge >= 0.3 is 0 Å². The van der Waals surface area contributed by atoms with E-state index in [9.17, 15) is 13.2 Å². The molecule has 7 heteroatoms. The highest BCUT2D eigenvalue weighted by atomic mass is 32.2. The van der Waals surface area contributed by atoms with Crippen molar-refractivity contribution in [3.05, 3.63) is 29.8 Å². The number of carbonyl (C=O) groups excluding carboxylic acids is 1. The number of ether oxygens (including phenoxy) is 1. The van der Waals surface area contributed by atoms with Crippen LogP contribution in [0.5, 0.6) is 0 Å². The van der Waals surface area contributed by atoms with E-state index in [2.05, 4.69) is 0 Å². The first-order valence-corrected chi connectivity index (χ1v) is 12.3. The summed E-state index contributed by atoms with van der Waals surface area (Å²) in [5.74, 6) is 0.625. The Labute approximate surface area is 174 Å². The van der Waals surface area contributed by atoms with E-state index in [0.29, 0.717) is 49.8 Å². The molecule has 3 fully saturated rings. The number of aryl methyl sites for hydroxylation is 1. The molecule has 3 aliphatic rings. The molecular formula is C22H32N2O4S. The number of hydrogen-bond acceptors (Lipinski definition) is 4. The number of hydrogen-bond donors (Lipinski definition) is 0. The number of rotatable bonds is 4. The van der Waals surface area contributed by atoms with Crippen LogP contribution < -0.4 is 0 Å². The van der Waals surface area contributed by atoms with Gasteiger partial charge in [-0.2, -0.15) is 4.31 Å². The third-order valence-corrected chi connectivity index (χ3v) is 8.92. The zero-order valence-corrected chi connectivity index (χ0v) is 18.1. The maximum atomic E-state index is 13.1. The average Bonchev–Trinajstić information content (AvgIpc) is 3.24. The van der Waals surface area contributed by atoms with Crippen molar-refractivity contribution in [2.75, 3.05) is 32.8 Å². The molecule has 0 N–H and O–H groups in total. The third kappa shape index (κ3) is 4.37. The SMILES string of the molecule is Cc1ccccc1S(=O)(=O)N1CCC2(CC1)CC(CC(=O)N1CCCC1)CCO2. The molecule has 0 aromatic heterocycles. The highest BCUT2D eigenvalue weighted by Crippen LogP contribution is 2.40. The van der Waals surface area contributed by atoms with E-state index in [4.69, 9.17) is 4.74 Å². The van der Waals surface area contributed by atoms with Crippen LogP contribution in [0.1, 0.15) is 50.5 Å². The number of nitrogens with zero attached hydrogens (tertiary/aromatic N) is 2. The van der Waals surface area contributed by atoms with Crippen LogP contribution in [0.25, 0.3) is 0 Å². The summed E-state index contributed by atoms with van der Waals surface area (Å²) in [6.07, 6.45) is 6.04. The van der Waals surface area contributed by atoms with Crippen molar-refractivity contribution in [3.8, 4) is 0 Å². The highest BCUT2D eigenvalue weighted by molar-refractivity contribution is 7.89. The second kappa shape index (κ2) is 8.36. The lowest BCUT2D eigenvalue weighted by molar-refractivity contribution is -0.139. The lowest BCUT2D eigenvalue weighted by Gasteiger charge is -2.46. The molecule has 1 aromatic rings. The minimum atomic E-state index is -3.47. The van der Waals surface area contributed by atoms with Crippen LogP contribution in [0.15, 0.2) is 29.2 Å². The number of likely N-dealkylation sites (tertiary alicyclic amines) is 1. The van der Waals surface area contributed by atoms with Gasteiger partial charge in [0, 0.05) is 39.2 Å². The van der Waals surface area contributed by atoms with Crippen molar-refractivity contribution in [2.45, 2.75) is 62.4 Å². The minimum absolute atomic E-state index is 0.272. The van der Waals surface area contributed by atoms with Crippen molar-refractivity contribution in [1.82, 2.24) is 9.21 Å². The maximum Gasteiger partial charge on any atom is 0.243 e. The fraction of sp³-hybridized carbons (Fsp3) is 0.682. The lowest BCUT2D eigenvalue weighted by Crippen LogP contribution is -2.51. The Balaban J connectivity index is 1.38. The van der Waals surface area contributed by atoms with Crippen LogP contribution in [0.2, 0.25) is 0 Å². The molecule has 3 saturated heterocycles. The summed E-state index contributed by atoms with van der Waals surface area (Å²) in [5, 5.41) is 0. The molecule has 0 bridgehead atoms. The molecule has 0 saturated carbocycles. The van der Waals surface area contributed by atoms with Crippen LogP contribution in [-0.2, 0) is 19.6 Å². The van der Waals surface area contributed by atoms with Gasteiger partial charge in [0.1, 0.15) is 0 Å². The average molecular weight is 421 g/mol. The van der Waals surface area contributed by atoms with E-state index in [1.807, 2.05) is 24.0 Å². The first kappa shape index (κ1) is 20.8. The fourth-order valence-corrected chi connectivity index (χ4v) is 6.78. The van der Waals surface area contributed by atoms with Crippen molar-refractivity contribution in [1.29, 1.82) is 0 Å². The van der Waals surface area contributed by atoms with E-state index in [1.165, 1.54) is 0 Å². The number of benzene rings is 1. The zero-order valence-electron chi connectivity index (χ0n) is 17.3. The zero-order chi connectivity index (χ0) is 20.5. The number of sulfonamides is 1. The van der Waals surface area contributed by atoms with Gasteiger partial charge in [-0.25, -0.2) is 8.42 Å². The molecule has 1 aromatic carbocycles. The quantitative estimate of drug-likeness (QED) is 0.751. The molecule has 3 heterocycles.